The molecule has 2 rings (SSSR count). The molecule has 90 valence electrons. The topological polar surface area (TPSA) is 26.0 Å². The second-order valence-electron chi connectivity index (χ2n) is 4.94. The van der Waals surface area contributed by atoms with Crippen molar-refractivity contribution in [1.29, 1.82) is 0 Å². The molecule has 1 heteroatoms. The molecule has 0 bridgehead atoms. The second-order valence-corrected chi connectivity index (χ2v) is 4.94. The molecule has 0 unspecified atom stereocenters. The molecule has 0 spiro atoms. The Morgan fingerprint density at radius 1 is 1.18 bits per heavy atom. The molecule has 17 heavy (non-hydrogen) atoms. The van der Waals surface area contributed by atoms with E-state index in [1.807, 2.05) is 6.07 Å². The van der Waals surface area contributed by atoms with Crippen molar-refractivity contribution in [2.24, 2.45) is 0 Å². The van der Waals surface area contributed by atoms with Crippen LogP contribution in [0.15, 0.2) is 41.5 Å². The Labute approximate surface area is 104 Å². The van der Waals surface area contributed by atoms with Crippen molar-refractivity contribution in [1.82, 2.24) is 0 Å². The third kappa shape index (κ3) is 3.00. The Kier molecular flexibility index (Phi) is 3.68. The molecule has 0 fully saturated rings. The normalized spacial score (nSPS) is 15.4. The molecule has 1 nitrogen and oxygen atoms in total. The fourth-order valence-corrected chi connectivity index (χ4v) is 2.30. The zero-order chi connectivity index (χ0) is 12.3. The first-order valence-corrected chi connectivity index (χ1v) is 6.37. The average molecular weight is 227 g/mol. The van der Waals surface area contributed by atoms with Crippen molar-refractivity contribution >= 4 is 5.69 Å². The summed E-state index contributed by atoms with van der Waals surface area (Å²) in [4.78, 5) is 0. The Bertz CT molecular complexity index is 466. The maximum Gasteiger partial charge on any atom is 0.0343 e. The van der Waals surface area contributed by atoms with Crippen molar-refractivity contribution in [3.05, 3.63) is 52.6 Å². The van der Waals surface area contributed by atoms with E-state index < -0.39 is 0 Å². The molecule has 1 aliphatic carbocycles. The highest BCUT2D eigenvalue weighted by molar-refractivity contribution is 5.47. The van der Waals surface area contributed by atoms with Gasteiger partial charge in [-0.15, -0.1) is 0 Å². The molecule has 0 aliphatic heterocycles. The van der Waals surface area contributed by atoms with E-state index >= 15 is 0 Å². The van der Waals surface area contributed by atoms with Crippen LogP contribution in [0.3, 0.4) is 0 Å². The van der Waals surface area contributed by atoms with Gasteiger partial charge in [0.25, 0.3) is 0 Å². The summed E-state index contributed by atoms with van der Waals surface area (Å²) in [6.07, 6.45) is 9.27. The van der Waals surface area contributed by atoms with Crippen LogP contribution in [0.5, 0.6) is 0 Å². The Hall–Kier alpha value is -1.50. The lowest BCUT2D eigenvalue weighted by molar-refractivity contribution is 0.875. The molecule has 0 saturated heterocycles. The van der Waals surface area contributed by atoms with Gasteiger partial charge in [0.05, 0.1) is 0 Å². The zero-order valence-corrected chi connectivity index (χ0v) is 10.8. The third-order valence-electron chi connectivity index (χ3n) is 3.57. The van der Waals surface area contributed by atoms with E-state index in [0.717, 1.165) is 18.5 Å². The zero-order valence-electron chi connectivity index (χ0n) is 10.8. The molecule has 0 saturated carbocycles. The summed E-state index contributed by atoms with van der Waals surface area (Å²) in [7, 11) is 0. The molecule has 1 aliphatic rings. The number of benzene rings is 1. The monoisotopic (exact) mass is 227 g/mol. The number of aryl methyl sites for hydroxylation is 2. The molecule has 0 amide bonds. The highest BCUT2D eigenvalue weighted by Crippen LogP contribution is 2.23. The van der Waals surface area contributed by atoms with Crippen molar-refractivity contribution in [3.8, 4) is 0 Å². The predicted octanol–water partition coefficient (Wildman–Crippen LogP) is 4.18. The molecule has 0 aromatic heterocycles. The summed E-state index contributed by atoms with van der Waals surface area (Å²) in [6.45, 7) is 4.33. The molecular formula is C16H21N. The number of nitrogens with two attached hydrogens (primary N) is 1. The van der Waals surface area contributed by atoms with Gasteiger partial charge < -0.3 is 5.73 Å². The van der Waals surface area contributed by atoms with Gasteiger partial charge in [-0.3, -0.25) is 0 Å². The van der Waals surface area contributed by atoms with Crippen LogP contribution in [0.1, 0.15) is 37.3 Å². The number of hydrogen-bond donors (Lipinski definition) is 1. The quantitative estimate of drug-likeness (QED) is 0.770. The largest absolute Gasteiger partial charge is 0.399 e. The fourth-order valence-electron chi connectivity index (χ4n) is 2.30. The average Bonchev–Trinajstić information content (AvgIpc) is 2.32. The van der Waals surface area contributed by atoms with E-state index in [1.165, 1.54) is 29.5 Å². The van der Waals surface area contributed by atoms with Crippen LogP contribution in [0.4, 0.5) is 5.69 Å². The minimum Gasteiger partial charge on any atom is -0.399 e. The van der Waals surface area contributed by atoms with Crippen LogP contribution >= 0.6 is 0 Å². The Morgan fingerprint density at radius 2 is 2.00 bits per heavy atom. The SMILES string of the molecule is CC1=C(CCc2ccc(N)c(C)c2)C=CCC1. The maximum atomic E-state index is 5.83. The standard InChI is InChI=1S/C16H21N/c1-12-5-3-4-6-15(12)9-7-14-8-10-16(17)13(2)11-14/h4,6,8,10-11H,3,5,7,9,17H2,1-2H3. The van der Waals surface area contributed by atoms with E-state index in [2.05, 4.69) is 38.1 Å². The van der Waals surface area contributed by atoms with Gasteiger partial charge in [0, 0.05) is 5.69 Å². The van der Waals surface area contributed by atoms with Gasteiger partial charge in [-0.25, -0.2) is 0 Å². The molecule has 2 N–H and O–H groups in total. The predicted molar refractivity (Wildman–Crippen MR) is 75.0 cm³/mol. The lowest BCUT2D eigenvalue weighted by Gasteiger charge is -2.13. The lowest BCUT2D eigenvalue weighted by Crippen LogP contribution is -1.96. The van der Waals surface area contributed by atoms with Crippen molar-refractivity contribution in [2.45, 2.75) is 39.5 Å². The second kappa shape index (κ2) is 5.22. The van der Waals surface area contributed by atoms with Gasteiger partial charge in [-0.2, -0.15) is 0 Å². The number of anilines is 1. The van der Waals surface area contributed by atoms with Gasteiger partial charge >= 0.3 is 0 Å². The first kappa shape index (κ1) is 12.0. The molecule has 1 aromatic rings. The van der Waals surface area contributed by atoms with Crippen molar-refractivity contribution in [3.63, 3.8) is 0 Å². The summed E-state index contributed by atoms with van der Waals surface area (Å²) >= 11 is 0. The minimum absolute atomic E-state index is 0.890. The van der Waals surface area contributed by atoms with Gasteiger partial charge in [0.15, 0.2) is 0 Å². The van der Waals surface area contributed by atoms with E-state index in [1.54, 1.807) is 5.57 Å². The molecule has 0 radical (unpaired) electrons. The Morgan fingerprint density at radius 3 is 2.71 bits per heavy atom. The maximum absolute atomic E-state index is 5.83. The Balaban J connectivity index is 2.02. The number of rotatable bonds is 3. The van der Waals surface area contributed by atoms with Gasteiger partial charge in [0.1, 0.15) is 0 Å². The highest BCUT2D eigenvalue weighted by atomic mass is 14.5. The summed E-state index contributed by atoms with van der Waals surface area (Å²) < 4.78 is 0. The van der Waals surface area contributed by atoms with Crippen LogP contribution in [-0.2, 0) is 6.42 Å². The van der Waals surface area contributed by atoms with Crippen LogP contribution in [0, 0.1) is 6.92 Å². The first-order chi connectivity index (χ1) is 8.16. The van der Waals surface area contributed by atoms with Crippen LogP contribution < -0.4 is 5.73 Å². The summed E-state index contributed by atoms with van der Waals surface area (Å²) in [6, 6.07) is 6.37. The minimum atomic E-state index is 0.890. The third-order valence-corrected chi connectivity index (χ3v) is 3.57. The van der Waals surface area contributed by atoms with E-state index in [9.17, 15) is 0 Å². The van der Waals surface area contributed by atoms with Gasteiger partial charge in [-0.1, -0.05) is 29.9 Å². The smallest absolute Gasteiger partial charge is 0.0343 e. The summed E-state index contributed by atoms with van der Waals surface area (Å²) in [5.74, 6) is 0. The number of allylic oxidation sites excluding steroid dienone is 4. The number of hydrogen-bond acceptors (Lipinski definition) is 1. The molecular weight excluding hydrogens is 206 g/mol. The van der Waals surface area contributed by atoms with Crippen LogP contribution in [0.25, 0.3) is 0 Å². The van der Waals surface area contributed by atoms with E-state index in [-0.39, 0.29) is 0 Å². The molecule has 0 heterocycles. The van der Waals surface area contributed by atoms with Gasteiger partial charge in [0.2, 0.25) is 0 Å². The lowest BCUT2D eigenvalue weighted by atomic mass is 9.94. The molecule has 0 atom stereocenters. The van der Waals surface area contributed by atoms with Crippen molar-refractivity contribution < 1.29 is 0 Å². The van der Waals surface area contributed by atoms with Crippen molar-refractivity contribution in [2.75, 3.05) is 5.73 Å². The van der Waals surface area contributed by atoms with Crippen LogP contribution in [0.2, 0.25) is 0 Å². The summed E-state index contributed by atoms with van der Waals surface area (Å²) in [5.41, 5.74) is 12.4. The van der Waals surface area contributed by atoms with Gasteiger partial charge in [-0.05, 0) is 62.3 Å². The van der Waals surface area contributed by atoms with E-state index in [0.29, 0.717) is 0 Å². The summed E-state index contributed by atoms with van der Waals surface area (Å²) in [5, 5.41) is 0. The molecule has 1 aromatic carbocycles. The first-order valence-electron chi connectivity index (χ1n) is 6.37. The highest BCUT2D eigenvalue weighted by Gasteiger charge is 2.05. The van der Waals surface area contributed by atoms with E-state index in [4.69, 9.17) is 5.73 Å². The van der Waals surface area contributed by atoms with Crippen LogP contribution in [-0.4, -0.2) is 0 Å². The number of nitrogen functional groups attached to an aromatic ring is 1. The fraction of sp³-hybridized carbons (Fsp3) is 0.375.